The lowest BCUT2D eigenvalue weighted by Crippen LogP contribution is -2.68. The summed E-state index contributed by atoms with van der Waals surface area (Å²) >= 11 is 10.5. The molecule has 1 aliphatic rings. The summed E-state index contributed by atoms with van der Waals surface area (Å²) in [6, 6.07) is 4.60. The molecule has 1 aliphatic heterocycles. The van der Waals surface area contributed by atoms with Gasteiger partial charge < -0.3 is 0 Å². The molecule has 2 rings (SSSR count). The Morgan fingerprint density at radius 2 is 1.13 bits per heavy atom. The minimum absolute atomic E-state index is 0.117. The number of hydrogen-bond acceptors (Lipinski definition) is 5. The van der Waals surface area contributed by atoms with Crippen LogP contribution in [0.2, 0.25) is 0 Å². The Kier molecular flexibility index (Phi) is 12.3. The fraction of sp³-hybridized carbons (Fsp3) is 0.516. The van der Waals surface area contributed by atoms with Crippen LogP contribution in [0, 0.1) is 21.1 Å². The van der Waals surface area contributed by atoms with Crippen LogP contribution in [0.15, 0.2) is 62.9 Å². The monoisotopic (exact) mass is 614 g/mol. The lowest BCUT2D eigenvalue weighted by Gasteiger charge is -2.31. The Balaban J connectivity index is 0.00000139. The number of thioether (sulfide) groups is 1. The molecule has 0 unspecified atom stereocenters. The van der Waals surface area contributed by atoms with Crippen LogP contribution in [0.1, 0.15) is 98.4 Å². The van der Waals surface area contributed by atoms with E-state index in [2.05, 4.69) is 120 Å². The molecule has 0 aliphatic carbocycles. The highest BCUT2D eigenvalue weighted by Crippen LogP contribution is 2.48. The maximum atomic E-state index is 8.49. The highest BCUT2D eigenvalue weighted by atomic mass is 35.7. The van der Waals surface area contributed by atoms with Crippen LogP contribution in [0.4, 0.5) is 0 Å². The van der Waals surface area contributed by atoms with E-state index in [4.69, 9.17) is 30.2 Å². The average Bonchev–Trinajstić information content (AvgIpc) is 2.72. The van der Waals surface area contributed by atoms with E-state index in [9.17, 15) is 0 Å². The van der Waals surface area contributed by atoms with Crippen LogP contribution >= 0.6 is 34.7 Å². The van der Waals surface area contributed by atoms with Crippen molar-refractivity contribution in [3.8, 4) is 0 Å². The summed E-state index contributed by atoms with van der Waals surface area (Å²) < 4.78 is 34.0. The summed E-state index contributed by atoms with van der Waals surface area (Å²) in [4.78, 5) is 5.56. The molecular weight excluding hydrogens is 571 g/mol. The standard InChI is InChI=1S/C31H44ClS2.ClHO4/c1-28(2,3)24-17-21(18-25(33-24)29(4,5)6)13-15-23(32)16-14-22-19-26(30(7,8)9)34-27(20-22)31(10,11)12;2-1(3,4)5/h13-20H,1-12H3;(H,2,3,4,5)/q+1;/p-1. The largest absolute Gasteiger partial charge is 0.222 e. The average molecular weight is 616 g/mol. The molecule has 0 N–H and O–H groups in total. The summed E-state index contributed by atoms with van der Waals surface area (Å²) in [6.07, 6.45) is 12.9. The molecule has 0 bridgehead atoms. The molecule has 0 atom stereocenters. The van der Waals surface area contributed by atoms with Crippen molar-refractivity contribution in [1.82, 2.24) is 0 Å². The third kappa shape index (κ3) is 14.0. The quantitative estimate of drug-likeness (QED) is 0.285. The second kappa shape index (κ2) is 13.3. The summed E-state index contributed by atoms with van der Waals surface area (Å²) in [5, 5.41) is 0.726. The summed E-state index contributed by atoms with van der Waals surface area (Å²) in [5.74, 6) is 0. The molecule has 0 radical (unpaired) electrons. The molecule has 0 saturated heterocycles. The second-order valence-electron chi connectivity index (χ2n) is 13.7. The van der Waals surface area contributed by atoms with Gasteiger partial charge in [0.25, 0.3) is 0 Å². The molecule has 39 heavy (non-hydrogen) atoms. The van der Waals surface area contributed by atoms with E-state index in [0.29, 0.717) is 0 Å². The lowest BCUT2D eigenvalue weighted by atomic mass is 9.91. The predicted octanol–water partition coefficient (Wildman–Crippen LogP) is 6.54. The third-order valence-corrected chi connectivity index (χ3v) is 9.51. The van der Waals surface area contributed by atoms with E-state index in [1.54, 1.807) is 0 Å². The first kappa shape index (κ1) is 36.1. The van der Waals surface area contributed by atoms with Gasteiger partial charge in [-0.25, -0.2) is 18.6 Å². The minimum atomic E-state index is -4.94. The van der Waals surface area contributed by atoms with E-state index in [1.165, 1.54) is 30.7 Å². The van der Waals surface area contributed by atoms with Crippen LogP contribution in [0.25, 0.3) is 6.08 Å². The van der Waals surface area contributed by atoms with Crippen LogP contribution in [-0.2, 0) is 10.8 Å². The van der Waals surface area contributed by atoms with Crippen molar-refractivity contribution in [2.75, 3.05) is 0 Å². The van der Waals surface area contributed by atoms with Crippen molar-refractivity contribution in [3.63, 3.8) is 0 Å². The Hall–Kier alpha value is -0.960. The van der Waals surface area contributed by atoms with Gasteiger partial charge in [-0.2, -0.15) is 0 Å². The molecule has 0 amide bonds. The minimum Gasteiger partial charge on any atom is -0.222 e. The molecule has 1 aromatic rings. The predicted molar refractivity (Wildman–Crippen MR) is 160 cm³/mol. The van der Waals surface area contributed by atoms with E-state index in [0.717, 1.165) is 5.03 Å². The Morgan fingerprint density at radius 1 is 0.744 bits per heavy atom. The highest BCUT2D eigenvalue weighted by Gasteiger charge is 2.31. The number of halogens is 2. The van der Waals surface area contributed by atoms with Gasteiger partial charge in [0.1, 0.15) is 0 Å². The number of allylic oxidation sites excluding steroid dienone is 9. The van der Waals surface area contributed by atoms with Gasteiger partial charge in [-0.05, 0) is 56.1 Å². The van der Waals surface area contributed by atoms with Gasteiger partial charge in [0.05, 0.1) is 0 Å². The topological polar surface area (TPSA) is 92.2 Å². The normalized spacial score (nSPS) is 16.0. The molecule has 0 saturated carbocycles. The summed E-state index contributed by atoms with van der Waals surface area (Å²) in [6.45, 7) is 27.3. The Morgan fingerprint density at radius 3 is 1.46 bits per heavy atom. The molecule has 0 aromatic carbocycles. The molecular formula is C31H44Cl2O4S2. The molecule has 8 heteroatoms. The highest BCUT2D eigenvalue weighted by molar-refractivity contribution is 8.06. The van der Waals surface area contributed by atoms with Crippen molar-refractivity contribution >= 4 is 40.8 Å². The zero-order valence-corrected chi connectivity index (χ0v) is 28.5. The molecule has 4 nitrogen and oxygen atoms in total. The zero-order chi connectivity index (χ0) is 30.6. The van der Waals surface area contributed by atoms with Gasteiger partial charge in [0.15, 0.2) is 0 Å². The van der Waals surface area contributed by atoms with Gasteiger partial charge in [0, 0.05) is 28.0 Å². The van der Waals surface area contributed by atoms with Crippen molar-refractivity contribution in [2.24, 2.45) is 10.8 Å². The van der Waals surface area contributed by atoms with Crippen LogP contribution < -0.4 is 18.6 Å². The van der Waals surface area contributed by atoms with Crippen LogP contribution in [0.3, 0.4) is 0 Å². The fourth-order valence-electron chi connectivity index (χ4n) is 3.12. The first-order chi connectivity index (χ1) is 17.3. The molecule has 218 valence electrons. The Bertz CT molecular complexity index is 1090. The first-order valence-corrected chi connectivity index (χ1v) is 16.0. The lowest BCUT2D eigenvalue weighted by molar-refractivity contribution is -2.00. The molecule has 2 heterocycles. The van der Waals surface area contributed by atoms with Crippen molar-refractivity contribution in [3.05, 3.63) is 78.2 Å². The van der Waals surface area contributed by atoms with Gasteiger partial charge in [-0.1, -0.05) is 119 Å². The van der Waals surface area contributed by atoms with Gasteiger partial charge in [-0.3, -0.25) is 0 Å². The van der Waals surface area contributed by atoms with Crippen molar-refractivity contribution < 1.29 is 28.9 Å². The third-order valence-electron chi connectivity index (χ3n) is 5.46. The van der Waals surface area contributed by atoms with Gasteiger partial charge in [-0.15, -0.1) is 10.2 Å². The van der Waals surface area contributed by atoms with Gasteiger partial charge >= 0.3 is 0 Å². The fourth-order valence-corrected chi connectivity index (χ4v) is 5.73. The van der Waals surface area contributed by atoms with E-state index in [-0.39, 0.29) is 21.7 Å². The van der Waals surface area contributed by atoms with E-state index < -0.39 is 10.2 Å². The number of rotatable bonds is 3. The van der Waals surface area contributed by atoms with E-state index in [1.807, 2.05) is 35.3 Å². The summed E-state index contributed by atoms with van der Waals surface area (Å²) in [7, 11) is -4.94. The van der Waals surface area contributed by atoms with Gasteiger partial charge in [0.2, 0.25) is 21.1 Å². The first-order valence-electron chi connectivity index (χ1n) is 12.8. The second-order valence-corrected chi connectivity index (χ2v) is 17.0. The maximum Gasteiger partial charge on any atom is 0.219 e. The smallest absolute Gasteiger partial charge is 0.219 e. The zero-order valence-electron chi connectivity index (χ0n) is 25.3. The van der Waals surface area contributed by atoms with E-state index >= 15 is 0 Å². The molecule has 0 fully saturated rings. The van der Waals surface area contributed by atoms with Crippen LogP contribution in [-0.4, -0.2) is 0 Å². The molecule has 0 spiro atoms. The Labute approximate surface area is 251 Å². The maximum absolute atomic E-state index is 8.49. The van der Waals surface area contributed by atoms with Crippen LogP contribution in [0.5, 0.6) is 0 Å². The van der Waals surface area contributed by atoms with Crippen molar-refractivity contribution in [1.29, 1.82) is 0 Å². The summed E-state index contributed by atoms with van der Waals surface area (Å²) in [5.41, 5.74) is 2.87. The van der Waals surface area contributed by atoms with Crippen molar-refractivity contribution in [2.45, 2.75) is 93.9 Å². The number of hydrogen-bond donors (Lipinski definition) is 0. The molecule has 1 aromatic heterocycles. The SMILES string of the molecule is CC(C)(C)C1=CC(=CC=C(Cl)C=Cc2cc(C(C)(C)C)[s+]c(C(C)(C)C)c2)C=C(C(C)(C)C)S1.[O-][Cl+3]([O-])([O-])[O-].